The van der Waals surface area contributed by atoms with Gasteiger partial charge in [0, 0.05) is 32.2 Å². The first-order chi connectivity index (χ1) is 30.6. The van der Waals surface area contributed by atoms with Crippen LogP contribution < -0.4 is 15.5 Å². The molecule has 0 bridgehead atoms. The number of urea groups is 1. The molecule has 14 nitrogen and oxygen atoms in total. The molecule has 0 aliphatic heterocycles. The Labute approximate surface area is 378 Å². The van der Waals surface area contributed by atoms with E-state index >= 15 is 0 Å². The summed E-state index contributed by atoms with van der Waals surface area (Å²) in [6.45, 7) is 13.1. The molecule has 4 aromatic rings. The molecule has 0 aromatic heterocycles. The van der Waals surface area contributed by atoms with Crippen LogP contribution in [0.25, 0.3) is 0 Å². The van der Waals surface area contributed by atoms with Crippen LogP contribution in [-0.2, 0) is 55.2 Å². The maximum atomic E-state index is 13.5. The molecule has 0 unspecified atom stereocenters. The quantitative estimate of drug-likeness (QED) is 0.0267. The SMILES string of the molecule is CC[C@@H](CC(=O)OCOC(=O)CN(C)C(=O)CCCOP(=O)(OCc1ccccc1)OCc1ccccc1)c1ccc(N(CC(C)C)CC(C)C)c(NC(=O)Nc2ccc(C)cc2)c1. The Morgan fingerprint density at radius 1 is 0.719 bits per heavy atom. The van der Waals surface area contributed by atoms with Crippen molar-refractivity contribution in [1.29, 1.82) is 0 Å². The number of amides is 3. The highest BCUT2D eigenvalue weighted by Crippen LogP contribution is 2.51. The molecule has 4 rings (SSSR count). The van der Waals surface area contributed by atoms with Crippen LogP contribution >= 0.6 is 7.82 Å². The summed E-state index contributed by atoms with van der Waals surface area (Å²) < 4.78 is 40.8. The summed E-state index contributed by atoms with van der Waals surface area (Å²) in [6.07, 6.45) is 0.766. The van der Waals surface area contributed by atoms with E-state index in [-0.39, 0.29) is 63.5 Å². The van der Waals surface area contributed by atoms with Crippen molar-refractivity contribution in [3.8, 4) is 0 Å². The normalized spacial score (nSPS) is 11.8. The summed E-state index contributed by atoms with van der Waals surface area (Å²) >= 11 is 0. The number of carbonyl (C=O) groups is 4. The second kappa shape index (κ2) is 26.3. The molecule has 0 saturated heterocycles. The van der Waals surface area contributed by atoms with Crippen LogP contribution in [0.1, 0.15) is 88.5 Å². The lowest BCUT2D eigenvalue weighted by atomic mass is 9.92. The molecule has 0 aliphatic rings. The molecule has 346 valence electrons. The molecule has 0 spiro atoms. The lowest BCUT2D eigenvalue weighted by Gasteiger charge is -2.31. The van der Waals surface area contributed by atoms with Gasteiger partial charge in [-0.2, -0.15) is 0 Å². The van der Waals surface area contributed by atoms with Crippen molar-refractivity contribution < 1.29 is 46.8 Å². The fourth-order valence-corrected chi connectivity index (χ4v) is 7.85. The van der Waals surface area contributed by atoms with Crippen LogP contribution in [-0.4, -0.2) is 68.9 Å². The summed E-state index contributed by atoms with van der Waals surface area (Å²) in [5.74, 6) is -1.22. The van der Waals surface area contributed by atoms with Crippen LogP contribution in [0.4, 0.5) is 21.9 Å². The van der Waals surface area contributed by atoms with Crippen molar-refractivity contribution in [2.24, 2.45) is 11.8 Å². The standard InChI is InChI=1S/C49H65N4O10P/c1-8-41(42-23-26-45(53(30-36(2)3)31-37(4)5)44(28-42)51-49(57)50-43-24-21-38(6)22-25-43)29-47(55)59-35-60-48(56)32-52(7)46(54)20-15-27-61-64(58,62-33-39-16-11-9-12-17-39)63-34-40-18-13-10-14-19-40/h9-14,16-19,21-26,28,36-37,41H,8,15,20,27,29-35H2,1-7H3,(H2,50,51,57)/t41-/m0/s1. The summed E-state index contributed by atoms with van der Waals surface area (Å²) in [5, 5.41) is 5.98. The number of anilines is 3. The molecule has 0 saturated carbocycles. The van der Waals surface area contributed by atoms with Crippen molar-refractivity contribution in [1.82, 2.24) is 4.90 Å². The monoisotopic (exact) mass is 900 g/mol. The Bertz CT molecular complexity index is 2060. The summed E-state index contributed by atoms with van der Waals surface area (Å²) in [5.41, 5.74) is 5.66. The van der Waals surface area contributed by atoms with Crippen LogP contribution in [0, 0.1) is 18.8 Å². The predicted molar refractivity (Wildman–Crippen MR) is 250 cm³/mol. The Morgan fingerprint density at radius 3 is 1.86 bits per heavy atom. The van der Waals surface area contributed by atoms with Gasteiger partial charge < -0.3 is 29.9 Å². The van der Waals surface area contributed by atoms with Gasteiger partial charge in [-0.05, 0) is 78.5 Å². The number of likely N-dealkylation sites (N-methyl/N-ethyl adjacent to an activating group) is 1. The van der Waals surface area contributed by atoms with E-state index in [1.807, 2.05) is 117 Å². The van der Waals surface area contributed by atoms with Crippen LogP contribution in [0.2, 0.25) is 0 Å². The zero-order valence-corrected chi connectivity index (χ0v) is 39.1. The molecule has 64 heavy (non-hydrogen) atoms. The zero-order chi connectivity index (χ0) is 46.5. The maximum Gasteiger partial charge on any atom is 0.475 e. The summed E-state index contributed by atoms with van der Waals surface area (Å²) in [4.78, 5) is 55.2. The van der Waals surface area contributed by atoms with E-state index < -0.39 is 26.6 Å². The number of nitrogens with one attached hydrogen (secondary N) is 2. The van der Waals surface area contributed by atoms with E-state index in [4.69, 9.17) is 23.0 Å². The molecular weight excluding hydrogens is 836 g/mol. The Kier molecular flexibility index (Phi) is 21.0. The molecule has 4 aromatic carbocycles. The number of ether oxygens (including phenoxy) is 2. The number of aryl methyl sites for hydroxylation is 1. The molecular formula is C49H65N4O10P. The van der Waals surface area contributed by atoms with Gasteiger partial charge in [-0.25, -0.2) is 9.36 Å². The first-order valence-corrected chi connectivity index (χ1v) is 23.3. The Morgan fingerprint density at radius 2 is 1.30 bits per heavy atom. The van der Waals surface area contributed by atoms with E-state index in [0.717, 1.165) is 41.0 Å². The molecule has 2 N–H and O–H groups in total. The second-order valence-electron chi connectivity index (χ2n) is 16.5. The van der Waals surface area contributed by atoms with Gasteiger partial charge in [-0.15, -0.1) is 0 Å². The lowest BCUT2D eigenvalue weighted by Crippen LogP contribution is -2.33. The minimum Gasteiger partial charge on any atom is -0.428 e. The third-order valence-corrected chi connectivity index (χ3v) is 11.3. The van der Waals surface area contributed by atoms with Crippen molar-refractivity contribution >= 4 is 48.8 Å². The van der Waals surface area contributed by atoms with Gasteiger partial charge in [0.25, 0.3) is 0 Å². The second-order valence-corrected chi connectivity index (χ2v) is 18.2. The van der Waals surface area contributed by atoms with Crippen molar-refractivity contribution in [3.05, 3.63) is 125 Å². The largest absolute Gasteiger partial charge is 0.475 e. The fraction of sp³-hybridized carbons (Fsp3) is 0.429. The third-order valence-electron chi connectivity index (χ3n) is 9.95. The van der Waals surface area contributed by atoms with Gasteiger partial charge in [-0.1, -0.05) is 119 Å². The van der Waals surface area contributed by atoms with Gasteiger partial charge in [0.1, 0.15) is 6.54 Å². The summed E-state index contributed by atoms with van der Waals surface area (Å²) in [6, 6.07) is 31.4. The minimum atomic E-state index is -4.00. The van der Waals surface area contributed by atoms with Gasteiger partial charge in [-0.3, -0.25) is 28.0 Å². The zero-order valence-electron chi connectivity index (χ0n) is 38.2. The summed E-state index contributed by atoms with van der Waals surface area (Å²) in [7, 11) is -2.55. The van der Waals surface area contributed by atoms with Crippen molar-refractivity contribution in [3.63, 3.8) is 0 Å². The molecule has 0 radical (unpaired) electrons. The smallest absolute Gasteiger partial charge is 0.428 e. The number of phosphoric acid groups is 1. The highest BCUT2D eigenvalue weighted by atomic mass is 31.2. The van der Waals surface area contributed by atoms with Gasteiger partial charge in [0.05, 0.1) is 37.6 Å². The van der Waals surface area contributed by atoms with Gasteiger partial charge in [0.2, 0.25) is 12.7 Å². The Balaban J connectivity index is 1.26. The van der Waals surface area contributed by atoms with Crippen LogP contribution in [0.3, 0.4) is 0 Å². The average molecular weight is 901 g/mol. The van der Waals surface area contributed by atoms with Crippen LogP contribution in [0.15, 0.2) is 103 Å². The molecule has 0 heterocycles. The topological polar surface area (TPSA) is 162 Å². The van der Waals surface area contributed by atoms with E-state index in [1.54, 1.807) is 0 Å². The third kappa shape index (κ3) is 18.3. The highest BCUT2D eigenvalue weighted by Gasteiger charge is 2.28. The number of carbonyl (C=O) groups excluding carboxylic acids is 4. The van der Waals surface area contributed by atoms with E-state index in [1.165, 1.54) is 11.9 Å². The average Bonchev–Trinajstić information content (AvgIpc) is 3.26. The van der Waals surface area contributed by atoms with E-state index in [9.17, 15) is 23.7 Å². The van der Waals surface area contributed by atoms with Crippen LogP contribution in [0.5, 0.6) is 0 Å². The Hall–Kier alpha value is -5.53. The minimum absolute atomic E-state index is 0.00480. The maximum absolute atomic E-state index is 13.5. The fourth-order valence-electron chi connectivity index (χ4n) is 6.66. The van der Waals surface area contributed by atoms with E-state index in [2.05, 4.69) is 43.2 Å². The molecule has 0 fully saturated rings. The van der Waals surface area contributed by atoms with Gasteiger partial charge in [0.15, 0.2) is 0 Å². The van der Waals surface area contributed by atoms with Crippen molar-refractivity contribution in [2.75, 3.05) is 55.6 Å². The highest BCUT2D eigenvalue weighted by molar-refractivity contribution is 7.48. The molecule has 3 amide bonds. The van der Waals surface area contributed by atoms with E-state index in [0.29, 0.717) is 29.6 Å². The van der Waals surface area contributed by atoms with Gasteiger partial charge >= 0.3 is 25.8 Å². The number of hydrogen-bond donors (Lipinski definition) is 2. The molecule has 0 aliphatic carbocycles. The molecule has 15 heteroatoms. The number of rotatable bonds is 26. The first kappa shape index (κ1) is 51.1. The number of nitrogens with zero attached hydrogens (tertiary/aromatic N) is 2. The number of hydrogen-bond acceptors (Lipinski definition) is 11. The first-order valence-electron chi connectivity index (χ1n) is 21.8. The number of esters is 2. The lowest BCUT2D eigenvalue weighted by molar-refractivity contribution is -0.169. The molecule has 1 atom stereocenters. The van der Waals surface area contributed by atoms with Crippen molar-refractivity contribution in [2.45, 2.75) is 86.4 Å². The number of phosphoric ester groups is 1. The number of benzene rings is 4. The predicted octanol–water partition coefficient (Wildman–Crippen LogP) is 10.5.